The first kappa shape index (κ1) is 13.6. The molecule has 0 aliphatic heterocycles. The molecule has 0 aliphatic carbocycles. The predicted molar refractivity (Wildman–Crippen MR) is 80.7 cm³/mol. The monoisotopic (exact) mass is 274 g/mol. The summed E-state index contributed by atoms with van der Waals surface area (Å²) in [5.41, 5.74) is 6.74. The minimum atomic E-state index is -0.398. The molecule has 3 nitrogen and oxygen atoms in total. The molecule has 2 rings (SSSR count). The van der Waals surface area contributed by atoms with Crippen LogP contribution in [0.15, 0.2) is 36.4 Å². The topological polar surface area (TPSA) is 55.1 Å². The molecule has 0 bridgehead atoms. The summed E-state index contributed by atoms with van der Waals surface area (Å²) in [6.07, 6.45) is 1.07. The number of nitrogens with one attached hydrogen (secondary N) is 1. The molecule has 3 N–H and O–H groups in total. The van der Waals surface area contributed by atoms with Crippen LogP contribution in [-0.2, 0) is 6.42 Å². The van der Waals surface area contributed by atoms with Crippen molar-refractivity contribution in [2.24, 2.45) is 5.73 Å². The zero-order valence-corrected chi connectivity index (χ0v) is 12.0. The Morgan fingerprint density at radius 3 is 2.47 bits per heavy atom. The number of rotatable bonds is 5. The fourth-order valence-electron chi connectivity index (χ4n) is 1.87. The van der Waals surface area contributed by atoms with Crippen LogP contribution >= 0.6 is 11.3 Å². The van der Waals surface area contributed by atoms with E-state index in [9.17, 15) is 4.79 Å². The van der Waals surface area contributed by atoms with Crippen molar-refractivity contribution in [3.8, 4) is 0 Å². The van der Waals surface area contributed by atoms with Crippen LogP contribution in [0.25, 0.3) is 0 Å². The van der Waals surface area contributed by atoms with E-state index in [-0.39, 0.29) is 6.04 Å². The molecule has 100 valence electrons. The third kappa shape index (κ3) is 3.35. The van der Waals surface area contributed by atoms with Crippen LogP contribution in [0.3, 0.4) is 0 Å². The average molecular weight is 274 g/mol. The molecule has 1 atom stereocenters. The Bertz CT molecular complexity index is 560. The van der Waals surface area contributed by atoms with E-state index in [4.69, 9.17) is 5.73 Å². The first-order valence-corrected chi connectivity index (χ1v) is 7.16. The standard InChI is InChI=1S/C15H18N2OS/c1-3-13-8-9-14(19-13)10(2)17-12-6-4-11(5-7-12)15(16)18/h4-10,17H,3H2,1-2H3,(H2,16,18). The minimum absolute atomic E-state index is 0.254. The normalized spacial score (nSPS) is 12.1. The summed E-state index contributed by atoms with van der Waals surface area (Å²) in [4.78, 5) is 13.7. The van der Waals surface area contributed by atoms with Crippen molar-refractivity contribution in [3.05, 3.63) is 51.7 Å². The summed E-state index contributed by atoms with van der Waals surface area (Å²) in [6, 6.07) is 11.8. The van der Waals surface area contributed by atoms with Gasteiger partial charge in [0.2, 0.25) is 5.91 Å². The van der Waals surface area contributed by atoms with Crippen molar-refractivity contribution in [2.45, 2.75) is 26.3 Å². The highest BCUT2D eigenvalue weighted by Crippen LogP contribution is 2.26. The molecule has 19 heavy (non-hydrogen) atoms. The SMILES string of the molecule is CCc1ccc(C(C)Nc2ccc(C(N)=O)cc2)s1. The van der Waals surface area contributed by atoms with Gasteiger partial charge >= 0.3 is 0 Å². The van der Waals surface area contributed by atoms with Crippen molar-refractivity contribution in [2.75, 3.05) is 5.32 Å². The maximum absolute atomic E-state index is 11.0. The van der Waals surface area contributed by atoms with Crippen LogP contribution in [-0.4, -0.2) is 5.91 Å². The van der Waals surface area contributed by atoms with Gasteiger partial charge in [0.15, 0.2) is 0 Å². The molecule has 1 heterocycles. The predicted octanol–water partition coefficient (Wildman–Crippen LogP) is 3.58. The molecule has 1 unspecified atom stereocenters. The largest absolute Gasteiger partial charge is 0.378 e. The number of thiophene rings is 1. The molecule has 4 heteroatoms. The lowest BCUT2D eigenvalue weighted by Crippen LogP contribution is -2.11. The van der Waals surface area contributed by atoms with Crippen LogP contribution in [0.1, 0.15) is 40.0 Å². The van der Waals surface area contributed by atoms with E-state index in [1.54, 1.807) is 12.1 Å². The Labute approximate surface area is 117 Å². The summed E-state index contributed by atoms with van der Waals surface area (Å²) >= 11 is 1.83. The third-order valence-electron chi connectivity index (χ3n) is 3.01. The van der Waals surface area contributed by atoms with Crippen LogP contribution < -0.4 is 11.1 Å². The fraction of sp³-hybridized carbons (Fsp3) is 0.267. The number of amides is 1. The molecule has 0 radical (unpaired) electrons. The second kappa shape index (κ2) is 5.89. The summed E-state index contributed by atoms with van der Waals surface area (Å²) in [6.45, 7) is 4.30. The molecule has 0 fully saturated rings. The van der Waals surface area contributed by atoms with E-state index in [1.807, 2.05) is 23.5 Å². The van der Waals surface area contributed by atoms with Crippen LogP contribution in [0.4, 0.5) is 5.69 Å². The van der Waals surface area contributed by atoms with E-state index >= 15 is 0 Å². The number of anilines is 1. The van der Waals surface area contributed by atoms with Crippen molar-refractivity contribution < 1.29 is 4.79 Å². The van der Waals surface area contributed by atoms with Crippen molar-refractivity contribution in [1.29, 1.82) is 0 Å². The highest BCUT2D eigenvalue weighted by molar-refractivity contribution is 7.12. The van der Waals surface area contributed by atoms with Gasteiger partial charge in [0.25, 0.3) is 0 Å². The van der Waals surface area contributed by atoms with Gasteiger partial charge in [-0.1, -0.05) is 6.92 Å². The van der Waals surface area contributed by atoms with Gasteiger partial charge < -0.3 is 11.1 Å². The number of hydrogen-bond acceptors (Lipinski definition) is 3. The number of nitrogens with two attached hydrogens (primary N) is 1. The van der Waals surface area contributed by atoms with E-state index in [1.165, 1.54) is 9.75 Å². The number of carbonyl (C=O) groups is 1. The number of hydrogen-bond donors (Lipinski definition) is 2. The molecule has 0 saturated carbocycles. The second-order valence-electron chi connectivity index (χ2n) is 4.47. The summed E-state index contributed by atoms with van der Waals surface area (Å²) in [5, 5.41) is 3.42. The zero-order chi connectivity index (χ0) is 13.8. The average Bonchev–Trinajstić information content (AvgIpc) is 2.88. The third-order valence-corrected chi connectivity index (χ3v) is 4.42. The van der Waals surface area contributed by atoms with Gasteiger partial charge in [0.1, 0.15) is 0 Å². The second-order valence-corrected chi connectivity index (χ2v) is 5.67. The fourth-order valence-corrected chi connectivity index (χ4v) is 2.82. The molecule has 2 aromatic rings. The van der Waals surface area contributed by atoms with Gasteiger partial charge in [0, 0.05) is 21.0 Å². The van der Waals surface area contributed by atoms with Gasteiger partial charge in [-0.25, -0.2) is 0 Å². The Balaban J connectivity index is 2.05. The highest BCUT2D eigenvalue weighted by Gasteiger charge is 2.08. The maximum Gasteiger partial charge on any atom is 0.248 e. The van der Waals surface area contributed by atoms with Gasteiger partial charge in [0.05, 0.1) is 6.04 Å². The Kier molecular flexibility index (Phi) is 4.22. The molecular formula is C15H18N2OS. The van der Waals surface area contributed by atoms with Crippen LogP contribution in [0.5, 0.6) is 0 Å². The zero-order valence-electron chi connectivity index (χ0n) is 11.1. The molecule has 0 spiro atoms. The van der Waals surface area contributed by atoms with E-state index in [0.717, 1.165) is 12.1 Å². The molecule has 0 saturated heterocycles. The van der Waals surface area contributed by atoms with Gasteiger partial charge in [-0.2, -0.15) is 0 Å². The lowest BCUT2D eigenvalue weighted by Gasteiger charge is -2.13. The van der Waals surface area contributed by atoms with Crippen LogP contribution in [0.2, 0.25) is 0 Å². The first-order chi connectivity index (χ1) is 9.10. The first-order valence-electron chi connectivity index (χ1n) is 6.35. The molecule has 1 aromatic heterocycles. The molecular weight excluding hydrogens is 256 g/mol. The lowest BCUT2D eigenvalue weighted by atomic mass is 10.2. The van der Waals surface area contributed by atoms with Gasteiger partial charge in [-0.15, -0.1) is 11.3 Å². The highest BCUT2D eigenvalue weighted by atomic mass is 32.1. The Hall–Kier alpha value is -1.81. The Morgan fingerprint density at radius 2 is 1.95 bits per heavy atom. The lowest BCUT2D eigenvalue weighted by molar-refractivity contribution is 0.100. The van der Waals surface area contributed by atoms with Gasteiger partial charge in [-0.05, 0) is 49.7 Å². The van der Waals surface area contributed by atoms with Crippen molar-refractivity contribution in [3.63, 3.8) is 0 Å². The van der Waals surface area contributed by atoms with Crippen molar-refractivity contribution in [1.82, 2.24) is 0 Å². The smallest absolute Gasteiger partial charge is 0.248 e. The minimum Gasteiger partial charge on any atom is -0.378 e. The van der Waals surface area contributed by atoms with Crippen LogP contribution in [0, 0.1) is 0 Å². The molecule has 1 aromatic carbocycles. The quantitative estimate of drug-likeness (QED) is 0.875. The number of carbonyl (C=O) groups excluding carboxylic acids is 1. The maximum atomic E-state index is 11.0. The molecule has 0 aliphatic rings. The van der Waals surface area contributed by atoms with E-state index in [2.05, 4.69) is 31.3 Å². The summed E-state index contributed by atoms with van der Waals surface area (Å²) in [5.74, 6) is -0.398. The van der Waals surface area contributed by atoms with E-state index < -0.39 is 5.91 Å². The summed E-state index contributed by atoms with van der Waals surface area (Å²) < 4.78 is 0. The van der Waals surface area contributed by atoms with E-state index in [0.29, 0.717) is 5.56 Å². The number of aryl methyl sites for hydroxylation is 1. The number of primary amides is 1. The van der Waals surface area contributed by atoms with Gasteiger partial charge in [-0.3, -0.25) is 4.79 Å². The van der Waals surface area contributed by atoms with Crippen molar-refractivity contribution >= 4 is 22.9 Å². The molecule has 1 amide bonds. The Morgan fingerprint density at radius 1 is 1.26 bits per heavy atom. The number of benzene rings is 1. The summed E-state index contributed by atoms with van der Waals surface area (Å²) in [7, 11) is 0.